The highest BCUT2D eigenvalue weighted by Crippen LogP contribution is 2.25. The largest absolute Gasteiger partial charge is 0.462 e. The van der Waals surface area contributed by atoms with Crippen molar-refractivity contribution in [3.8, 4) is 0 Å². The summed E-state index contributed by atoms with van der Waals surface area (Å²) in [7, 11) is 0. The van der Waals surface area contributed by atoms with Crippen molar-refractivity contribution < 1.29 is 9.53 Å². The first-order valence-corrected chi connectivity index (χ1v) is 6.16. The minimum Gasteiger partial charge on any atom is -0.462 e. The molecule has 0 heterocycles. The molecule has 0 radical (unpaired) electrons. The number of carbonyl (C=O) groups is 1. The van der Waals surface area contributed by atoms with Crippen LogP contribution in [-0.4, -0.2) is 12.6 Å². The van der Waals surface area contributed by atoms with E-state index in [2.05, 4.69) is 12.6 Å². The van der Waals surface area contributed by atoms with Crippen molar-refractivity contribution in [2.75, 3.05) is 6.61 Å². The van der Waals surface area contributed by atoms with Crippen molar-refractivity contribution >= 4 is 18.6 Å². The summed E-state index contributed by atoms with van der Waals surface area (Å²) in [6.45, 7) is 0.565. The van der Waals surface area contributed by atoms with Crippen LogP contribution in [0.25, 0.3) is 0 Å². The molecule has 0 bridgehead atoms. The molecule has 1 aliphatic carbocycles. The van der Waals surface area contributed by atoms with Crippen LogP contribution in [0.5, 0.6) is 0 Å². The van der Waals surface area contributed by atoms with E-state index in [1.165, 1.54) is 25.7 Å². The lowest BCUT2D eigenvalue weighted by Crippen LogP contribution is -2.11. The Hall–Kier alpha value is -0.960. The monoisotopic (exact) mass is 236 g/mol. The minimum atomic E-state index is -0.234. The average Bonchev–Trinajstić information content (AvgIpc) is 2.78. The van der Waals surface area contributed by atoms with Gasteiger partial charge in [-0.1, -0.05) is 18.9 Å². The minimum absolute atomic E-state index is 0.234. The maximum Gasteiger partial charge on any atom is 0.338 e. The van der Waals surface area contributed by atoms with Crippen LogP contribution in [0.2, 0.25) is 0 Å². The van der Waals surface area contributed by atoms with Gasteiger partial charge in [0.05, 0.1) is 12.2 Å². The van der Waals surface area contributed by atoms with Crippen LogP contribution in [0, 0.1) is 5.92 Å². The molecule has 2 rings (SSSR count). The normalized spacial score (nSPS) is 16.3. The molecule has 1 fully saturated rings. The topological polar surface area (TPSA) is 26.3 Å². The lowest BCUT2D eigenvalue weighted by Gasteiger charge is -2.10. The SMILES string of the molecule is O=C(OCC1CCCC1)c1cccc(S)c1. The zero-order valence-corrected chi connectivity index (χ0v) is 10.1. The third-order valence-corrected chi connectivity index (χ3v) is 3.28. The molecule has 3 heteroatoms. The van der Waals surface area contributed by atoms with Gasteiger partial charge in [0.1, 0.15) is 0 Å². The molecule has 1 aromatic carbocycles. The smallest absolute Gasteiger partial charge is 0.338 e. The Labute approximate surface area is 101 Å². The van der Waals surface area contributed by atoms with Crippen LogP contribution < -0.4 is 0 Å². The fourth-order valence-electron chi connectivity index (χ4n) is 2.09. The van der Waals surface area contributed by atoms with Crippen LogP contribution in [-0.2, 0) is 4.74 Å². The molecule has 1 aromatic rings. The van der Waals surface area contributed by atoms with E-state index in [-0.39, 0.29) is 5.97 Å². The van der Waals surface area contributed by atoms with Crippen molar-refractivity contribution in [1.29, 1.82) is 0 Å². The number of carbonyl (C=O) groups excluding carboxylic acids is 1. The molecule has 16 heavy (non-hydrogen) atoms. The number of hydrogen-bond donors (Lipinski definition) is 1. The maximum absolute atomic E-state index is 11.7. The highest BCUT2D eigenvalue weighted by Gasteiger charge is 2.17. The summed E-state index contributed by atoms with van der Waals surface area (Å²) in [5.41, 5.74) is 0.588. The lowest BCUT2D eigenvalue weighted by atomic mass is 10.1. The second kappa shape index (κ2) is 5.39. The average molecular weight is 236 g/mol. The number of esters is 1. The molecule has 0 unspecified atom stereocenters. The van der Waals surface area contributed by atoms with Gasteiger partial charge in [-0.05, 0) is 37.0 Å². The van der Waals surface area contributed by atoms with Crippen LogP contribution in [0.1, 0.15) is 36.0 Å². The first-order chi connectivity index (χ1) is 7.75. The predicted octanol–water partition coefficient (Wildman–Crippen LogP) is 3.32. The van der Waals surface area contributed by atoms with Gasteiger partial charge in [-0.15, -0.1) is 12.6 Å². The molecule has 0 aliphatic heterocycles. The van der Waals surface area contributed by atoms with Gasteiger partial charge < -0.3 is 4.74 Å². The molecule has 2 nitrogen and oxygen atoms in total. The Kier molecular flexibility index (Phi) is 3.88. The van der Waals surface area contributed by atoms with Gasteiger partial charge in [0, 0.05) is 4.90 Å². The first kappa shape index (κ1) is 11.5. The van der Waals surface area contributed by atoms with E-state index in [1.807, 2.05) is 12.1 Å². The molecule has 0 spiro atoms. The molecular weight excluding hydrogens is 220 g/mol. The summed E-state index contributed by atoms with van der Waals surface area (Å²) in [5, 5.41) is 0. The zero-order chi connectivity index (χ0) is 11.4. The molecule has 0 aromatic heterocycles. The Morgan fingerprint density at radius 2 is 2.12 bits per heavy atom. The molecule has 0 atom stereocenters. The molecule has 1 saturated carbocycles. The van der Waals surface area contributed by atoms with Crippen molar-refractivity contribution in [1.82, 2.24) is 0 Å². The molecule has 0 saturated heterocycles. The van der Waals surface area contributed by atoms with Gasteiger partial charge >= 0.3 is 5.97 Å². The number of thiol groups is 1. The highest BCUT2D eigenvalue weighted by atomic mass is 32.1. The quantitative estimate of drug-likeness (QED) is 0.643. The second-order valence-corrected chi connectivity index (χ2v) is 4.82. The Bertz CT molecular complexity index is 370. The van der Waals surface area contributed by atoms with Crippen molar-refractivity contribution in [3.05, 3.63) is 29.8 Å². The molecule has 0 N–H and O–H groups in total. The van der Waals surface area contributed by atoms with Gasteiger partial charge in [-0.2, -0.15) is 0 Å². The molecular formula is C13H16O2S. The van der Waals surface area contributed by atoms with Crippen LogP contribution in [0.4, 0.5) is 0 Å². The van der Waals surface area contributed by atoms with Crippen molar-refractivity contribution in [2.45, 2.75) is 30.6 Å². The standard InChI is InChI=1S/C13H16O2S/c14-13(11-6-3-7-12(16)8-11)15-9-10-4-1-2-5-10/h3,6-8,10,16H,1-2,4-5,9H2. The highest BCUT2D eigenvalue weighted by molar-refractivity contribution is 7.80. The van der Waals surface area contributed by atoms with Crippen molar-refractivity contribution in [3.63, 3.8) is 0 Å². The Balaban J connectivity index is 1.87. The second-order valence-electron chi connectivity index (χ2n) is 4.30. The summed E-state index contributed by atoms with van der Waals surface area (Å²) < 4.78 is 5.29. The molecule has 86 valence electrons. The summed E-state index contributed by atoms with van der Waals surface area (Å²) >= 11 is 4.20. The summed E-state index contributed by atoms with van der Waals surface area (Å²) in [4.78, 5) is 12.5. The number of rotatable bonds is 3. The van der Waals surface area contributed by atoms with Crippen LogP contribution >= 0.6 is 12.6 Å². The fourth-order valence-corrected chi connectivity index (χ4v) is 2.31. The zero-order valence-electron chi connectivity index (χ0n) is 9.19. The van der Waals surface area contributed by atoms with E-state index in [0.717, 1.165) is 4.90 Å². The number of ether oxygens (including phenoxy) is 1. The van der Waals surface area contributed by atoms with Crippen molar-refractivity contribution in [2.24, 2.45) is 5.92 Å². The van der Waals surface area contributed by atoms with Gasteiger partial charge in [0.25, 0.3) is 0 Å². The third kappa shape index (κ3) is 3.01. The van der Waals surface area contributed by atoms with Crippen LogP contribution in [0.3, 0.4) is 0 Å². The van der Waals surface area contributed by atoms with E-state index >= 15 is 0 Å². The van der Waals surface area contributed by atoms with Crippen LogP contribution in [0.15, 0.2) is 29.2 Å². The third-order valence-electron chi connectivity index (χ3n) is 3.01. The van der Waals surface area contributed by atoms with E-state index in [9.17, 15) is 4.79 Å². The summed E-state index contributed by atoms with van der Waals surface area (Å²) in [5.74, 6) is 0.339. The lowest BCUT2D eigenvalue weighted by molar-refractivity contribution is 0.0442. The van der Waals surface area contributed by atoms with E-state index in [1.54, 1.807) is 12.1 Å². The number of hydrogen-bond acceptors (Lipinski definition) is 3. The Morgan fingerprint density at radius 1 is 1.38 bits per heavy atom. The number of benzene rings is 1. The van der Waals surface area contributed by atoms with E-state index in [4.69, 9.17) is 4.74 Å². The predicted molar refractivity (Wildman–Crippen MR) is 65.9 cm³/mol. The summed E-state index contributed by atoms with van der Waals surface area (Å²) in [6, 6.07) is 7.15. The molecule has 0 amide bonds. The van der Waals surface area contributed by atoms with E-state index in [0.29, 0.717) is 18.1 Å². The van der Waals surface area contributed by atoms with E-state index < -0.39 is 0 Å². The first-order valence-electron chi connectivity index (χ1n) is 5.72. The Morgan fingerprint density at radius 3 is 2.81 bits per heavy atom. The fraction of sp³-hybridized carbons (Fsp3) is 0.462. The van der Waals surface area contributed by atoms with Gasteiger partial charge in [-0.25, -0.2) is 4.79 Å². The van der Waals surface area contributed by atoms with Gasteiger partial charge in [-0.3, -0.25) is 0 Å². The molecule has 1 aliphatic rings. The van der Waals surface area contributed by atoms with Gasteiger partial charge in [0.2, 0.25) is 0 Å². The summed E-state index contributed by atoms with van der Waals surface area (Å²) in [6.07, 6.45) is 4.93. The van der Waals surface area contributed by atoms with Gasteiger partial charge in [0.15, 0.2) is 0 Å². The maximum atomic E-state index is 11.7.